The summed E-state index contributed by atoms with van der Waals surface area (Å²) in [7, 11) is 0. The number of aromatic nitrogens is 1. The minimum atomic E-state index is -0.281. The van der Waals surface area contributed by atoms with Gasteiger partial charge in [-0.15, -0.1) is 11.3 Å². The second-order valence-electron chi connectivity index (χ2n) is 6.23. The van der Waals surface area contributed by atoms with Gasteiger partial charge in [-0.3, -0.25) is 9.59 Å². The third-order valence-electron chi connectivity index (χ3n) is 4.34. The van der Waals surface area contributed by atoms with E-state index in [1.165, 1.54) is 35.2 Å². The summed E-state index contributed by atoms with van der Waals surface area (Å²) in [5, 5.41) is 1.90. The maximum atomic E-state index is 13.0. The summed E-state index contributed by atoms with van der Waals surface area (Å²) in [5.74, 6) is -0.431. The summed E-state index contributed by atoms with van der Waals surface area (Å²) in [5.41, 5.74) is 1.62. The number of thiazole rings is 1. The third-order valence-corrected chi connectivity index (χ3v) is 6.34. The number of nitrogens with zero attached hydrogens (tertiary/aromatic N) is 2. The van der Waals surface area contributed by atoms with Crippen LogP contribution in [0.1, 0.15) is 19.8 Å². The van der Waals surface area contributed by atoms with Gasteiger partial charge in [-0.1, -0.05) is 11.8 Å². The fourth-order valence-electron chi connectivity index (χ4n) is 2.95. The molecule has 0 radical (unpaired) electrons. The Hall–Kier alpha value is -1.93. The van der Waals surface area contributed by atoms with Crippen LogP contribution in [0.2, 0.25) is 0 Å². The molecular weight excluding hydrogens is 387 g/mol. The highest BCUT2D eigenvalue weighted by Gasteiger charge is 2.29. The first kappa shape index (κ1) is 19.8. The summed E-state index contributed by atoms with van der Waals surface area (Å²) < 4.78 is 18.9. The van der Waals surface area contributed by atoms with Crippen molar-refractivity contribution < 1.29 is 18.7 Å². The average Bonchev–Trinajstić information content (AvgIpc) is 3.16. The first-order chi connectivity index (χ1) is 13.1. The fraction of sp³-hybridized carbons (Fsp3) is 0.421. The van der Waals surface area contributed by atoms with Crippen molar-refractivity contribution in [2.45, 2.75) is 24.1 Å². The first-order valence-electron chi connectivity index (χ1n) is 8.85. The predicted molar refractivity (Wildman–Crippen MR) is 104 cm³/mol. The molecule has 0 bridgehead atoms. The average molecular weight is 409 g/mol. The van der Waals surface area contributed by atoms with Crippen LogP contribution < -0.4 is 0 Å². The number of likely N-dealkylation sites (tertiary alicyclic amines) is 1. The van der Waals surface area contributed by atoms with E-state index in [0.717, 1.165) is 28.4 Å². The summed E-state index contributed by atoms with van der Waals surface area (Å²) in [4.78, 5) is 30.7. The van der Waals surface area contributed by atoms with Crippen molar-refractivity contribution in [1.82, 2.24) is 9.88 Å². The van der Waals surface area contributed by atoms with Crippen LogP contribution in [0, 0.1) is 11.7 Å². The van der Waals surface area contributed by atoms with Crippen molar-refractivity contribution in [2.24, 2.45) is 5.92 Å². The lowest BCUT2D eigenvalue weighted by atomic mass is 9.98. The molecule has 2 aromatic rings. The molecule has 1 fully saturated rings. The van der Waals surface area contributed by atoms with Gasteiger partial charge in [0.05, 0.1) is 24.0 Å². The van der Waals surface area contributed by atoms with Crippen molar-refractivity contribution >= 4 is 35.0 Å². The summed E-state index contributed by atoms with van der Waals surface area (Å²) in [6.07, 6.45) is 1.58. The van der Waals surface area contributed by atoms with Gasteiger partial charge in [0.15, 0.2) is 4.34 Å². The molecule has 1 atom stereocenters. The van der Waals surface area contributed by atoms with E-state index in [2.05, 4.69) is 4.98 Å². The number of ether oxygens (including phenoxy) is 1. The molecule has 3 rings (SSSR count). The third kappa shape index (κ3) is 5.29. The molecule has 1 saturated heterocycles. The Morgan fingerprint density at radius 1 is 1.37 bits per heavy atom. The maximum absolute atomic E-state index is 13.0. The van der Waals surface area contributed by atoms with E-state index in [4.69, 9.17) is 4.74 Å². The number of carbonyl (C=O) groups is 2. The van der Waals surface area contributed by atoms with Crippen LogP contribution in [-0.4, -0.2) is 47.2 Å². The largest absolute Gasteiger partial charge is 0.466 e. The van der Waals surface area contributed by atoms with E-state index >= 15 is 0 Å². The van der Waals surface area contributed by atoms with Crippen LogP contribution in [0.25, 0.3) is 11.3 Å². The van der Waals surface area contributed by atoms with E-state index in [0.29, 0.717) is 19.7 Å². The van der Waals surface area contributed by atoms with Crippen molar-refractivity contribution in [2.75, 3.05) is 25.4 Å². The van der Waals surface area contributed by atoms with Gasteiger partial charge in [0.1, 0.15) is 5.82 Å². The monoisotopic (exact) mass is 408 g/mol. The Morgan fingerprint density at radius 3 is 2.89 bits per heavy atom. The van der Waals surface area contributed by atoms with Crippen LogP contribution in [0.5, 0.6) is 0 Å². The molecule has 8 heteroatoms. The number of esters is 1. The lowest BCUT2D eigenvalue weighted by Crippen LogP contribution is -2.43. The van der Waals surface area contributed by atoms with E-state index in [1.54, 1.807) is 24.0 Å². The Morgan fingerprint density at radius 2 is 2.15 bits per heavy atom. The van der Waals surface area contributed by atoms with Crippen LogP contribution in [-0.2, 0) is 14.3 Å². The van der Waals surface area contributed by atoms with Crippen molar-refractivity contribution in [1.29, 1.82) is 0 Å². The Balaban J connectivity index is 1.53. The quantitative estimate of drug-likeness (QED) is 0.537. The molecule has 0 aliphatic carbocycles. The van der Waals surface area contributed by atoms with Crippen molar-refractivity contribution in [3.05, 3.63) is 35.5 Å². The van der Waals surface area contributed by atoms with Crippen LogP contribution in [0.4, 0.5) is 4.39 Å². The summed E-state index contributed by atoms with van der Waals surface area (Å²) >= 11 is 2.85. The topological polar surface area (TPSA) is 59.5 Å². The zero-order chi connectivity index (χ0) is 19.2. The number of halogens is 1. The molecule has 144 valence electrons. The molecule has 27 heavy (non-hydrogen) atoms. The van der Waals surface area contributed by atoms with Crippen molar-refractivity contribution in [3.8, 4) is 11.3 Å². The normalized spacial score (nSPS) is 17.0. The molecule has 0 saturated carbocycles. The number of amides is 1. The standard InChI is InChI=1S/C19H21FN2O3S2/c1-2-25-18(24)14-4-3-9-22(10-14)17(23)12-27-19-21-16(11-26-19)13-5-7-15(20)8-6-13/h5-8,11,14H,2-4,9-10,12H2,1H3. The lowest BCUT2D eigenvalue weighted by molar-refractivity contribution is -0.151. The molecule has 0 N–H and O–H groups in total. The highest BCUT2D eigenvalue weighted by atomic mass is 32.2. The number of piperidine rings is 1. The minimum Gasteiger partial charge on any atom is -0.466 e. The number of carbonyl (C=O) groups excluding carboxylic acids is 2. The highest BCUT2D eigenvalue weighted by Crippen LogP contribution is 2.29. The van der Waals surface area contributed by atoms with Gasteiger partial charge in [0.2, 0.25) is 5.91 Å². The highest BCUT2D eigenvalue weighted by molar-refractivity contribution is 8.01. The maximum Gasteiger partial charge on any atom is 0.310 e. The lowest BCUT2D eigenvalue weighted by Gasteiger charge is -2.31. The van der Waals surface area contributed by atoms with Crippen molar-refractivity contribution in [3.63, 3.8) is 0 Å². The Bertz CT molecular complexity index is 795. The van der Waals surface area contributed by atoms with Crippen LogP contribution in [0.15, 0.2) is 34.0 Å². The van der Waals surface area contributed by atoms with Gasteiger partial charge in [-0.05, 0) is 44.0 Å². The number of hydrogen-bond donors (Lipinski definition) is 0. The molecule has 1 amide bonds. The van der Waals surface area contributed by atoms with E-state index in [9.17, 15) is 14.0 Å². The number of thioether (sulfide) groups is 1. The molecule has 0 spiro atoms. The molecule has 5 nitrogen and oxygen atoms in total. The van der Waals surface area contributed by atoms with E-state index in [-0.39, 0.29) is 29.4 Å². The second-order valence-corrected chi connectivity index (χ2v) is 8.31. The Kier molecular flexibility index (Phi) is 6.84. The van der Waals surface area contributed by atoms with E-state index in [1.807, 2.05) is 5.38 Å². The molecular formula is C19H21FN2O3S2. The summed E-state index contributed by atoms with van der Waals surface area (Å²) in [6.45, 7) is 3.25. The molecule has 1 aliphatic rings. The minimum absolute atomic E-state index is 0.00697. The van der Waals surface area contributed by atoms with Gasteiger partial charge in [-0.2, -0.15) is 0 Å². The summed E-state index contributed by atoms with van der Waals surface area (Å²) in [6, 6.07) is 6.18. The van der Waals surface area contributed by atoms with Gasteiger partial charge in [0, 0.05) is 24.0 Å². The van der Waals surface area contributed by atoms with Gasteiger partial charge in [-0.25, -0.2) is 9.37 Å². The number of rotatable bonds is 6. The van der Waals surface area contributed by atoms with Crippen LogP contribution in [0.3, 0.4) is 0 Å². The molecule has 1 aliphatic heterocycles. The SMILES string of the molecule is CCOC(=O)C1CCCN(C(=O)CSc2nc(-c3ccc(F)cc3)cs2)C1. The number of benzene rings is 1. The van der Waals surface area contributed by atoms with Gasteiger partial charge < -0.3 is 9.64 Å². The first-order valence-corrected chi connectivity index (χ1v) is 10.7. The molecule has 1 aromatic carbocycles. The van der Waals surface area contributed by atoms with Gasteiger partial charge >= 0.3 is 5.97 Å². The van der Waals surface area contributed by atoms with Gasteiger partial charge in [0.25, 0.3) is 0 Å². The van der Waals surface area contributed by atoms with E-state index < -0.39 is 0 Å². The predicted octanol–water partition coefficient (Wildman–Crippen LogP) is 3.84. The zero-order valence-electron chi connectivity index (χ0n) is 15.0. The second kappa shape index (κ2) is 9.32. The number of hydrogen-bond acceptors (Lipinski definition) is 6. The zero-order valence-corrected chi connectivity index (χ0v) is 16.7. The smallest absolute Gasteiger partial charge is 0.310 e. The van der Waals surface area contributed by atoms with Crippen LogP contribution >= 0.6 is 23.1 Å². The fourth-order valence-corrected chi connectivity index (χ4v) is 4.69. The Labute approximate surface area is 165 Å². The molecule has 1 unspecified atom stereocenters. The molecule has 2 heterocycles. The molecule has 1 aromatic heterocycles.